The van der Waals surface area contributed by atoms with Crippen LogP contribution in [0.4, 0.5) is 13.2 Å². The Labute approximate surface area is 180 Å². The van der Waals surface area contributed by atoms with Crippen molar-refractivity contribution in [2.75, 3.05) is 5.75 Å². The molecule has 2 aromatic heterocycles. The largest absolute Gasteiger partial charge is 0.486 e. The van der Waals surface area contributed by atoms with Gasteiger partial charge >= 0.3 is 6.18 Å². The Hall–Kier alpha value is -2.46. The van der Waals surface area contributed by atoms with E-state index in [4.69, 9.17) is 20.8 Å². The van der Waals surface area contributed by atoms with Gasteiger partial charge in [0.2, 0.25) is 5.16 Å². The van der Waals surface area contributed by atoms with E-state index in [0.29, 0.717) is 27.0 Å². The third-order valence-electron chi connectivity index (χ3n) is 3.91. The van der Waals surface area contributed by atoms with E-state index in [2.05, 4.69) is 15.3 Å². The maximum Gasteiger partial charge on any atom is 0.453 e. The third kappa shape index (κ3) is 5.17. The lowest BCUT2D eigenvalue weighted by atomic mass is 10.1. The molecule has 1 aromatic carbocycles. The number of halogens is 4. The normalized spacial score (nSPS) is 12.1. The van der Waals surface area contributed by atoms with Crippen molar-refractivity contribution >= 4 is 29.6 Å². The van der Waals surface area contributed by atoms with Gasteiger partial charge in [0.05, 0.1) is 6.21 Å². The van der Waals surface area contributed by atoms with Gasteiger partial charge in [0, 0.05) is 5.02 Å². The van der Waals surface area contributed by atoms with Crippen molar-refractivity contribution in [2.24, 2.45) is 5.10 Å². The SMILES string of the molecule is CCSc1nnc(C(F)(F)F)n1/N=C/c1ccc(COc2cc(C)c(Cl)c(C)c2)o1. The van der Waals surface area contributed by atoms with Crippen molar-refractivity contribution in [3.8, 4) is 5.75 Å². The molecule has 2 heterocycles. The van der Waals surface area contributed by atoms with E-state index in [1.54, 1.807) is 19.1 Å². The highest BCUT2D eigenvalue weighted by molar-refractivity contribution is 7.99. The molecule has 30 heavy (non-hydrogen) atoms. The second-order valence-electron chi connectivity index (χ2n) is 6.26. The molecular weight excluding hydrogens is 441 g/mol. The maximum atomic E-state index is 13.1. The number of aryl methyl sites for hydroxylation is 2. The molecule has 0 unspecified atom stereocenters. The molecule has 0 amide bonds. The van der Waals surface area contributed by atoms with E-state index in [1.165, 1.54) is 6.21 Å². The molecule has 0 spiro atoms. The number of alkyl halides is 3. The molecule has 3 aromatic rings. The Morgan fingerprint density at radius 3 is 2.57 bits per heavy atom. The van der Waals surface area contributed by atoms with Crippen LogP contribution in [0.2, 0.25) is 5.02 Å². The molecule has 0 N–H and O–H groups in total. The fraction of sp³-hybridized carbons (Fsp3) is 0.316. The van der Waals surface area contributed by atoms with Gasteiger partial charge in [-0.05, 0) is 55.0 Å². The number of rotatable bonds is 7. The van der Waals surface area contributed by atoms with Gasteiger partial charge in [0.25, 0.3) is 5.82 Å². The van der Waals surface area contributed by atoms with Crippen LogP contribution in [0.15, 0.2) is 38.9 Å². The Balaban J connectivity index is 1.73. The van der Waals surface area contributed by atoms with Crippen molar-refractivity contribution in [1.82, 2.24) is 14.9 Å². The van der Waals surface area contributed by atoms with Crippen LogP contribution in [-0.2, 0) is 12.8 Å². The first-order valence-electron chi connectivity index (χ1n) is 8.87. The van der Waals surface area contributed by atoms with Crippen LogP contribution in [0.25, 0.3) is 0 Å². The minimum absolute atomic E-state index is 0.0460. The van der Waals surface area contributed by atoms with Crippen LogP contribution >= 0.6 is 23.4 Å². The molecule has 11 heteroatoms. The summed E-state index contributed by atoms with van der Waals surface area (Å²) in [5, 5.41) is 11.4. The van der Waals surface area contributed by atoms with Crippen molar-refractivity contribution < 1.29 is 22.3 Å². The van der Waals surface area contributed by atoms with Crippen LogP contribution in [-0.4, -0.2) is 26.8 Å². The van der Waals surface area contributed by atoms with Gasteiger partial charge in [-0.25, -0.2) is 0 Å². The Morgan fingerprint density at radius 2 is 1.93 bits per heavy atom. The molecule has 0 atom stereocenters. The number of furan rings is 1. The first-order valence-corrected chi connectivity index (χ1v) is 10.2. The lowest BCUT2D eigenvalue weighted by Gasteiger charge is -2.08. The molecule has 6 nitrogen and oxygen atoms in total. The van der Waals surface area contributed by atoms with Crippen LogP contribution in [0, 0.1) is 13.8 Å². The number of hydrogen-bond acceptors (Lipinski definition) is 6. The number of nitrogens with zero attached hydrogens (tertiary/aromatic N) is 4. The average molecular weight is 459 g/mol. The number of aromatic nitrogens is 3. The molecule has 0 saturated carbocycles. The zero-order valence-electron chi connectivity index (χ0n) is 16.3. The maximum absolute atomic E-state index is 13.1. The summed E-state index contributed by atoms with van der Waals surface area (Å²) in [6.07, 6.45) is -3.49. The van der Waals surface area contributed by atoms with Crippen LogP contribution in [0.3, 0.4) is 0 Å². The quantitative estimate of drug-likeness (QED) is 0.334. The zero-order chi connectivity index (χ0) is 21.9. The van der Waals surface area contributed by atoms with Crippen molar-refractivity contribution in [2.45, 2.75) is 38.7 Å². The van der Waals surface area contributed by atoms with Crippen LogP contribution in [0.1, 0.15) is 35.4 Å². The van der Waals surface area contributed by atoms with Gasteiger partial charge in [-0.3, -0.25) is 0 Å². The van der Waals surface area contributed by atoms with Gasteiger partial charge in [0.1, 0.15) is 23.9 Å². The van der Waals surface area contributed by atoms with Gasteiger partial charge in [-0.2, -0.15) is 22.9 Å². The van der Waals surface area contributed by atoms with E-state index < -0.39 is 12.0 Å². The summed E-state index contributed by atoms with van der Waals surface area (Å²) >= 11 is 7.25. The fourth-order valence-corrected chi connectivity index (χ4v) is 3.29. The first-order chi connectivity index (χ1) is 14.2. The van der Waals surface area contributed by atoms with Crippen molar-refractivity contribution in [3.63, 3.8) is 0 Å². The second kappa shape index (κ2) is 9.13. The monoisotopic (exact) mass is 458 g/mol. The van der Waals surface area contributed by atoms with E-state index >= 15 is 0 Å². The Kier molecular flexibility index (Phi) is 6.77. The summed E-state index contributed by atoms with van der Waals surface area (Å²) in [6, 6.07) is 6.89. The topological polar surface area (TPSA) is 65.4 Å². The highest BCUT2D eigenvalue weighted by Crippen LogP contribution is 2.30. The Morgan fingerprint density at radius 1 is 1.23 bits per heavy atom. The highest BCUT2D eigenvalue weighted by atomic mass is 35.5. The fourth-order valence-electron chi connectivity index (χ4n) is 2.57. The first kappa shape index (κ1) is 22.2. The standard InChI is InChI=1S/C19H18ClF3N4O2S/c1-4-30-18-26-25-17(19(21,22)23)27(18)24-9-13-5-6-14(29-13)10-28-15-7-11(2)16(20)12(3)8-15/h5-9H,4,10H2,1-3H3/b24-9+. The second-order valence-corrected chi connectivity index (χ2v) is 7.87. The van der Waals surface area contributed by atoms with Crippen LogP contribution in [0.5, 0.6) is 5.75 Å². The molecular formula is C19H18ClF3N4O2S. The predicted molar refractivity (Wildman–Crippen MR) is 108 cm³/mol. The van der Waals surface area contributed by atoms with E-state index in [9.17, 15) is 13.2 Å². The smallest absolute Gasteiger partial charge is 0.453 e. The number of ether oxygens (including phenoxy) is 1. The zero-order valence-corrected chi connectivity index (χ0v) is 17.9. The molecule has 0 fully saturated rings. The average Bonchev–Trinajstić information content (AvgIpc) is 3.29. The molecule has 0 radical (unpaired) electrons. The van der Waals surface area contributed by atoms with Gasteiger partial charge < -0.3 is 9.15 Å². The minimum Gasteiger partial charge on any atom is -0.486 e. The van der Waals surface area contributed by atoms with Gasteiger partial charge in [-0.15, -0.1) is 10.2 Å². The summed E-state index contributed by atoms with van der Waals surface area (Å²) in [5.74, 6) is 0.730. The molecule has 160 valence electrons. The number of thioether (sulfide) groups is 1. The molecule has 0 aliphatic rings. The third-order valence-corrected chi connectivity index (χ3v) is 5.31. The van der Waals surface area contributed by atoms with E-state index in [-0.39, 0.29) is 17.5 Å². The predicted octanol–water partition coefficient (Wildman–Crippen LogP) is 5.73. The van der Waals surface area contributed by atoms with Gasteiger partial charge in [-0.1, -0.05) is 30.3 Å². The lowest BCUT2D eigenvalue weighted by Crippen LogP contribution is -2.13. The lowest BCUT2D eigenvalue weighted by molar-refractivity contribution is -0.147. The summed E-state index contributed by atoms with van der Waals surface area (Å²) in [5.41, 5.74) is 1.79. The molecule has 3 rings (SSSR count). The summed E-state index contributed by atoms with van der Waals surface area (Å²) < 4.78 is 51.3. The molecule has 0 bridgehead atoms. The molecule has 0 aliphatic heterocycles. The van der Waals surface area contributed by atoms with Crippen molar-refractivity contribution in [1.29, 1.82) is 0 Å². The molecule has 0 saturated heterocycles. The highest BCUT2D eigenvalue weighted by Gasteiger charge is 2.38. The number of hydrogen-bond donors (Lipinski definition) is 0. The molecule has 0 aliphatic carbocycles. The Bertz CT molecular complexity index is 1040. The van der Waals surface area contributed by atoms with Gasteiger partial charge in [0.15, 0.2) is 0 Å². The van der Waals surface area contributed by atoms with Crippen LogP contribution < -0.4 is 4.74 Å². The minimum atomic E-state index is -4.67. The van der Waals surface area contributed by atoms with Crippen molar-refractivity contribution in [3.05, 3.63) is 57.8 Å². The summed E-state index contributed by atoms with van der Waals surface area (Å²) in [4.78, 5) is 0. The van der Waals surface area contributed by atoms with E-state index in [1.807, 2.05) is 26.0 Å². The summed E-state index contributed by atoms with van der Waals surface area (Å²) in [7, 11) is 0. The van der Waals surface area contributed by atoms with E-state index in [0.717, 1.165) is 22.9 Å². The number of benzene rings is 1. The summed E-state index contributed by atoms with van der Waals surface area (Å²) in [6.45, 7) is 5.71.